The summed E-state index contributed by atoms with van der Waals surface area (Å²) in [6.45, 7) is 0. The van der Waals surface area contributed by atoms with Crippen LogP contribution in [0, 0.1) is 13.7 Å². The molecule has 0 saturated heterocycles. The van der Waals surface area contributed by atoms with E-state index in [4.69, 9.17) is 0 Å². The van der Waals surface area contributed by atoms with Crippen molar-refractivity contribution in [3.63, 3.8) is 0 Å². The van der Waals surface area contributed by atoms with Crippen molar-refractivity contribution in [1.82, 2.24) is 5.32 Å². The summed E-state index contributed by atoms with van der Waals surface area (Å²) in [4.78, 5) is 32.4. The van der Waals surface area contributed by atoms with Crippen LogP contribution < -0.4 is 5.32 Å². The molecule has 1 aliphatic heterocycles. The van der Waals surface area contributed by atoms with E-state index in [-0.39, 0.29) is 16.8 Å². The van der Waals surface area contributed by atoms with Gasteiger partial charge in [-0.15, -0.1) is 0 Å². The van der Waals surface area contributed by atoms with Gasteiger partial charge in [0.2, 0.25) is 0 Å². The minimum absolute atomic E-state index is 0.0681. The first kappa shape index (κ1) is 10.0. The number of non-ortho nitro benzene ring substituents is 1. The molecule has 2 amide bonds. The molecule has 0 atom stereocenters. The van der Waals surface area contributed by atoms with Crippen molar-refractivity contribution in [2.75, 3.05) is 0 Å². The molecular formula is C8H3IN2O4. The van der Waals surface area contributed by atoms with E-state index in [9.17, 15) is 19.7 Å². The fourth-order valence-corrected chi connectivity index (χ4v) is 2.20. The average molecular weight is 318 g/mol. The molecule has 1 heterocycles. The molecule has 2 rings (SSSR count). The predicted octanol–water partition coefficient (Wildman–Crippen LogP) is 1.08. The Balaban J connectivity index is 2.71. The summed E-state index contributed by atoms with van der Waals surface area (Å²) < 4.78 is 0.403. The molecule has 1 aliphatic rings. The number of nitro benzene ring substituents is 1. The smallest absolute Gasteiger partial charge is 0.271 e. The number of nitrogens with zero attached hydrogens (tertiary/aromatic N) is 1. The molecule has 0 aliphatic carbocycles. The number of benzene rings is 1. The van der Waals surface area contributed by atoms with E-state index >= 15 is 0 Å². The summed E-state index contributed by atoms with van der Waals surface area (Å²) in [6, 6.07) is 2.37. The second-order valence-corrected chi connectivity index (χ2v) is 4.05. The number of carbonyl (C=O) groups is 2. The highest BCUT2D eigenvalue weighted by molar-refractivity contribution is 14.1. The Bertz CT molecular complexity index is 512. The van der Waals surface area contributed by atoms with Gasteiger partial charge in [0.25, 0.3) is 17.5 Å². The van der Waals surface area contributed by atoms with Crippen molar-refractivity contribution in [1.29, 1.82) is 0 Å². The Morgan fingerprint density at radius 1 is 1.27 bits per heavy atom. The maximum absolute atomic E-state index is 11.3. The minimum Gasteiger partial charge on any atom is -0.288 e. The number of rotatable bonds is 1. The van der Waals surface area contributed by atoms with E-state index in [0.29, 0.717) is 3.57 Å². The quantitative estimate of drug-likeness (QED) is 0.363. The Morgan fingerprint density at radius 3 is 2.53 bits per heavy atom. The average Bonchev–Trinajstić information content (AvgIpc) is 2.42. The molecule has 0 radical (unpaired) electrons. The van der Waals surface area contributed by atoms with Gasteiger partial charge in [0, 0.05) is 15.7 Å². The van der Waals surface area contributed by atoms with Crippen LogP contribution in [0.15, 0.2) is 12.1 Å². The third-order valence-corrected chi connectivity index (χ3v) is 2.84. The SMILES string of the molecule is O=C1NC(=O)c2c(I)cc([N+](=O)[O-])cc21. The van der Waals surface area contributed by atoms with Crippen LogP contribution in [0.5, 0.6) is 0 Å². The number of imide groups is 1. The normalized spacial score (nSPS) is 13.7. The van der Waals surface area contributed by atoms with Crippen LogP contribution in [0.2, 0.25) is 0 Å². The van der Waals surface area contributed by atoms with Crippen LogP contribution in [0.4, 0.5) is 5.69 Å². The van der Waals surface area contributed by atoms with E-state index in [0.717, 1.165) is 6.07 Å². The lowest BCUT2D eigenvalue weighted by Crippen LogP contribution is -2.20. The van der Waals surface area contributed by atoms with Crippen molar-refractivity contribution in [3.05, 3.63) is 36.9 Å². The highest BCUT2D eigenvalue weighted by atomic mass is 127. The van der Waals surface area contributed by atoms with Gasteiger partial charge in [-0.25, -0.2) is 0 Å². The number of hydrogen-bond donors (Lipinski definition) is 1. The molecule has 0 fully saturated rings. The molecule has 15 heavy (non-hydrogen) atoms. The zero-order valence-electron chi connectivity index (χ0n) is 7.11. The van der Waals surface area contributed by atoms with Crippen LogP contribution in [0.1, 0.15) is 20.7 Å². The maximum atomic E-state index is 11.3. The van der Waals surface area contributed by atoms with Crippen LogP contribution in [0.3, 0.4) is 0 Å². The fourth-order valence-electron chi connectivity index (χ4n) is 1.34. The third-order valence-electron chi connectivity index (χ3n) is 1.98. The number of carbonyl (C=O) groups excluding carboxylic acids is 2. The summed E-state index contributed by atoms with van der Waals surface area (Å²) in [5.74, 6) is -1.09. The van der Waals surface area contributed by atoms with Gasteiger partial charge in [-0.3, -0.25) is 25.0 Å². The molecule has 76 valence electrons. The van der Waals surface area contributed by atoms with Gasteiger partial charge in [-0.2, -0.15) is 0 Å². The lowest BCUT2D eigenvalue weighted by Gasteiger charge is -1.98. The van der Waals surface area contributed by atoms with Gasteiger partial charge >= 0.3 is 0 Å². The first-order valence-electron chi connectivity index (χ1n) is 3.84. The molecular weight excluding hydrogens is 315 g/mol. The van der Waals surface area contributed by atoms with E-state index in [1.807, 2.05) is 0 Å². The van der Waals surface area contributed by atoms with Gasteiger partial charge in [0.15, 0.2) is 0 Å². The Morgan fingerprint density at radius 2 is 1.93 bits per heavy atom. The van der Waals surface area contributed by atoms with Crippen LogP contribution in [0.25, 0.3) is 0 Å². The van der Waals surface area contributed by atoms with E-state index in [2.05, 4.69) is 5.32 Å². The molecule has 0 aromatic heterocycles. The number of nitrogens with one attached hydrogen (secondary N) is 1. The molecule has 0 spiro atoms. The van der Waals surface area contributed by atoms with Crippen LogP contribution >= 0.6 is 22.6 Å². The van der Waals surface area contributed by atoms with Crippen molar-refractivity contribution in [3.8, 4) is 0 Å². The molecule has 1 aromatic carbocycles. The minimum atomic E-state index is -0.599. The fraction of sp³-hybridized carbons (Fsp3) is 0. The molecule has 7 heteroatoms. The Hall–Kier alpha value is -1.51. The monoisotopic (exact) mass is 318 g/mol. The van der Waals surface area contributed by atoms with Gasteiger partial charge in [-0.1, -0.05) is 0 Å². The lowest BCUT2D eigenvalue weighted by molar-refractivity contribution is -0.385. The summed E-state index contributed by atoms with van der Waals surface area (Å²) >= 11 is 1.79. The van der Waals surface area contributed by atoms with Crippen molar-refractivity contribution < 1.29 is 14.5 Å². The van der Waals surface area contributed by atoms with Gasteiger partial charge in [0.05, 0.1) is 16.1 Å². The van der Waals surface area contributed by atoms with Crippen LogP contribution in [-0.4, -0.2) is 16.7 Å². The maximum Gasteiger partial charge on any atom is 0.271 e. The first-order chi connectivity index (χ1) is 7.00. The molecule has 0 saturated carbocycles. The predicted molar refractivity (Wildman–Crippen MR) is 57.6 cm³/mol. The highest BCUT2D eigenvalue weighted by Crippen LogP contribution is 2.27. The molecule has 1 aromatic rings. The van der Waals surface area contributed by atoms with Crippen molar-refractivity contribution in [2.24, 2.45) is 0 Å². The second kappa shape index (κ2) is 3.26. The van der Waals surface area contributed by atoms with Gasteiger partial charge in [-0.05, 0) is 22.6 Å². The summed E-state index contributed by atoms with van der Waals surface area (Å²) in [5, 5.41) is 12.6. The van der Waals surface area contributed by atoms with Crippen LogP contribution in [-0.2, 0) is 0 Å². The van der Waals surface area contributed by atoms with E-state index in [1.54, 1.807) is 22.6 Å². The lowest BCUT2D eigenvalue weighted by atomic mass is 10.1. The molecule has 1 N–H and O–H groups in total. The summed E-state index contributed by atoms with van der Waals surface area (Å²) in [7, 11) is 0. The zero-order valence-corrected chi connectivity index (χ0v) is 9.27. The Labute approximate surface area is 96.9 Å². The summed E-state index contributed by atoms with van der Waals surface area (Å²) in [6.07, 6.45) is 0. The number of nitro groups is 1. The number of amides is 2. The molecule has 0 bridgehead atoms. The number of hydrogen-bond acceptors (Lipinski definition) is 4. The Kier molecular flexibility index (Phi) is 2.18. The van der Waals surface area contributed by atoms with Crippen molar-refractivity contribution in [2.45, 2.75) is 0 Å². The standard InChI is InChI=1S/C8H3IN2O4/c9-5-2-3(11(14)15)1-4-6(5)8(13)10-7(4)12/h1-2H,(H,10,12,13). The van der Waals surface area contributed by atoms with Gasteiger partial charge in [0.1, 0.15) is 0 Å². The van der Waals surface area contributed by atoms with Crippen molar-refractivity contribution >= 4 is 40.1 Å². The first-order valence-corrected chi connectivity index (χ1v) is 4.92. The summed E-state index contributed by atoms with van der Waals surface area (Å²) in [5.41, 5.74) is 0.0906. The van der Waals surface area contributed by atoms with Gasteiger partial charge < -0.3 is 0 Å². The topological polar surface area (TPSA) is 89.3 Å². The second-order valence-electron chi connectivity index (χ2n) is 2.89. The van der Waals surface area contributed by atoms with E-state index < -0.39 is 16.7 Å². The van der Waals surface area contributed by atoms with E-state index in [1.165, 1.54) is 6.07 Å². The molecule has 6 nitrogen and oxygen atoms in total. The zero-order chi connectivity index (χ0) is 11.2. The molecule has 0 unspecified atom stereocenters. The largest absolute Gasteiger partial charge is 0.288 e. The third kappa shape index (κ3) is 1.48. The number of fused-ring (bicyclic) bond motifs is 1. The number of halogens is 1. The highest BCUT2D eigenvalue weighted by Gasteiger charge is 2.31.